The molecule has 1 saturated heterocycles. The Morgan fingerprint density at radius 2 is 1.78 bits per heavy atom. The molecule has 0 amide bonds. The maximum atomic E-state index is 3.86. The average Bonchev–Trinajstić information content (AvgIpc) is 2.63. The fraction of sp³-hybridized carbons (Fsp3) is 1.00. The van der Waals surface area contributed by atoms with Crippen LogP contribution in [0.1, 0.15) is 58.8 Å². The van der Waals surface area contributed by atoms with Gasteiger partial charge < -0.3 is 10.2 Å². The molecule has 2 fully saturated rings. The summed E-state index contributed by atoms with van der Waals surface area (Å²) in [5.74, 6) is 1.95. The molecular weight excluding hydrogens is 220 g/mol. The van der Waals surface area contributed by atoms with Gasteiger partial charge in [0.2, 0.25) is 0 Å². The van der Waals surface area contributed by atoms with Gasteiger partial charge in [-0.3, -0.25) is 0 Å². The Kier molecular flexibility index (Phi) is 5.97. The highest BCUT2D eigenvalue weighted by Crippen LogP contribution is 2.27. The molecule has 0 radical (unpaired) electrons. The van der Waals surface area contributed by atoms with Gasteiger partial charge in [0, 0.05) is 6.04 Å². The van der Waals surface area contributed by atoms with Gasteiger partial charge in [0.25, 0.3) is 0 Å². The predicted octanol–water partition coefficient (Wildman–Crippen LogP) is 3.28. The van der Waals surface area contributed by atoms with Crippen molar-refractivity contribution in [3.63, 3.8) is 0 Å². The average molecular weight is 252 g/mol. The van der Waals surface area contributed by atoms with Gasteiger partial charge in [-0.05, 0) is 70.1 Å². The quantitative estimate of drug-likeness (QED) is 0.826. The summed E-state index contributed by atoms with van der Waals surface area (Å²) in [4.78, 5) is 2.60. The maximum Gasteiger partial charge on any atom is 0.00798 e. The van der Waals surface area contributed by atoms with Crippen LogP contribution in [0.5, 0.6) is 0 Å². The Morgan fingerprint density at radius 1 is 1.00 bits per heavy atom. The molecule has 0 aromatic heterocycles. The second-order valence-corrected chi connectivity index (χ2v) is 6.60. The van der Waals surface area contributed by atoms with Crippen molar-refractivity contribution in [2.45, 2.75) is 64.8 Å². The van der Waals surface area contributed by atoms with Crippen molar-refractivity contribution < 1.29 is 0 Å². The smallest absolute Gasteiger partial charge is 0.00798 e. The third-order valence-electron chi connectivity index (χ3n) is 5.10. The van der Waals surface area contributed by atoms with Crippen LogP contribution < -0.4 is 5.32 Å². The standard InChI is InChI=1S/C16H32N2/c1-3-18-11-4-5-16(10-12-18)17-13-15-8-6-14(2)7-9-15/h14-17H,3-13H2,1-2H3. The number of likely N-dealkylation sites (tertiary alicyclic amines) is 1. The molecule has 1 atom stereocenters. The molecule has 0 bridgehead atoms. The molecule has 0 spiro atoms. The lowest BCUT2D eigenvalue weighted by Gasteiger charge is -2.28. The minimum absolute atomic E-state index is 0.792. The van der Waals surface area contributed by atoms with E-state index in [2.05, 4.69) is 24.1 Å². The van der Waals surface area contributed by atoms with Gasteiger partial charge in [-0.25, -0.2) is 0 Å². The molecule has 106 valence electrons. The van der Waals surface area contributed by atoms with Crippen LogP contribution in [-0.2, 0) is 0 Å². The van der Waals surface area contributed by atoms with Crippen molar-refractivity contribution in [2.24, 2.45) is 11.8 Å². The lowest BCUT2D eigenvalue weighted by molar-refractivity contribution is 0.267. The summed E-state index contributed by atoms with van der Waals surface area (Å²) >= 11 is 0. The molecule has 2 aliphatic rings. The van der Waals surface area contributed by atoms with Crippen LogP contribution in [0.25, 0.3) is 0 Å². The van der Waals surface area contributed by atoms with E-state index in [1.165, 1.54) is 71.1 Å². The number of nitrogens with one attached hydrogen (secondary N) is 1. The zero-order valence-corrected chi connectivity index (χ0v) is 12.5. The summed E-state index contributed by atoms with van der Waals surface area (Å²) in [6.45, 7) is 9.83. The van der Waals surface area contributed by atoms with Crippen molar-refractivity contribution in [2.75, 3.05) is 26.2 Å². The van der Waals surface area contributed by atoms with E-state index in [1.54, 1.807) is 0 Å². The Balaban J connectivity index is 1.64. The number of hydrogen-bond acceptors (Lipinski definition) is 2. The van der Waals surface area contributed by atoms with Crippen molar-refractivity contribution in [1.29, 1.82) is 0 Å². The Labute approximate surface area is 114 Å². The fourth-order valence-corrected chi connectivity index (χ4v) is 3.54. The van der Waals surface area contributed by atoms with Gasteiger partial charge in [-0.2, -0.15) is 0 Å². The highest BCUT2D eigenvalue weighted by Gasteiger charge is 2.20. The summed E-state index contributed by atoms with van der Waals surface area (Å²) < 4.78 is 0. The minimum atomic E-state index is 0.792. The summed E-state index contributed by atoms with van der Waals surface area (Å²) in [6.07, 6.45) is 9.97. The Bertz CT molecular complexity index is 221. The van der Waals surface area contributed by atoms with Crippen molar-refractivity contribution in [3.05, 3.63) is 0 Å². The molecule has 0 aromatic rings. The molecule has 1 heterocycles. The van der Waals surface area contributed by atoms with Crippen molar-refractivity contribution in [3.8, 4) is 0 Å². The van der Waals surface area contributed by atoms with E-state index in [-0.39, 0.29) is 0 Å². The zero-order chi connectivity index (χ0) is 12.8. The number of nitrogens with zero attached hydrogens (tertiary/aromatic N) is 1. The molecule has 18 heavy (non-hydrogen) atoms. The number of rotatable bonds is 4. The molecule has 2 nitrogen and oxygen atoms in total. The predicted molar refractivity (Wildman–Crippen MR) is 78.9 cm³/mol. The van der Waals surface area contributed by atoms with E-state index in [0.717, 1.165) is 17.9 Å². The number of hydrogen-bond donors (Lipinski definition) is 1. The fourth-order valence-electron chi connectivity index (χ4n) is 3.54. The van der Waals surface area contributed by atoms with E-state index in [9.17, 15) is 0 Å². The van der Waals surface area contributed by atoms with Crippen LogP contribution >= 0.6 is 0 Å². The monoisotopic (exact) mass is 252 g/mol. The van der Waals surface area contributed by atoms with Gasteiger partial charge in [-0.1, -0.05) is 26.7 Å². The Hall–Kier alpha value is -0.0800. The molecule has 1 saturated carbocycles. The van der Waals surface area contributed by atoms with Gasteiger partial charge in [-0.15, -0.1) is 0 Å². The largest absolute Gasteiger partial charge is 0.314 e. The molecule has 1 aliphatic carbocycles. The van der Waals surface area contributed by atoms with Crippen LogP contribution in [0, 0.1) is 11.8 Å². The van der Waals surface area contributed by atoms with E-state index in [4.69, 9.17) is 0 Å². The van der Waals surface area contributed by atoms with Crippen LogP contribution in [0.15, 0.2) is 0 Å². The van der Waals surface area contributed by atoms with Crippen LogP contribution in [0.2, 0.25) is 0 Å². The third kappa shape index (κ3) is 4.55. The molecular formula is C16H32N2. The minimum Gasteiger partial charge on any atom is -0.314 e. The third-order valence-corrected chi connectivity index (χ3v) is 5.10. The van der Waals surface area contributed by atoms with Crippen LogP contribution in [0.4, 0.5) is 0 Å². The van der Waals surface area contributed by atoms with Crippen molar-refractivity contribution in [1.82, 2.24) is 10.2 Å². The second-order valence-electron chi connectivity index (χ2n) is 6.60. The van der Waals surface area contributed by atoms with Crippen molar-refractivity contribution >= 4 is 0 Å². The lowest BCUT2D eigenvalue weighted by Crippen LogP contribution is -2.35. The van der Waals surface area contributed by atoms with E-state index >= 15 is 0 Å². The van der Waals surface area contributed by atoms with E-state index in [0.29, 0.717) is 0 Å². The first-order valence-electron chi connectivity index (χ1n) is 8.23. The molecule has 1 aliphatic heterocycles. The SMILES string of the molecule is CCN1CCCC(NCC2CCC(C)CC2)CC1. The highest BCUT2D eigenvalue weighted by atomic mass is 15.1. The second kappa shape index (κ2) is 7.49. The molecule has 2 heteroatoms. The normalized spacial score (nSPS) is 35.3. The van der Waals surface area contributed by atoms with Gasteiger partial charge in [0.1, 0.15) is 0 Å². The summed E-state index contributed by atoms with van der Waals surface area (Å²) in [5, 5.41) is 3.86. The molecule has 1 unspecified atom stereocenters. The van der Waals surface area contributed by atoms with Crippen LogP contribution in [-0.4, -0.2) is 37.1 Å². The first-order chi connectivity index (χ1) is 8.78. The molecule has 0 aromatic carbocycles. The lowest BCUT2D eigenvalue weighted by atomic mass is 9.83. The highest BCUT2D eigenvalue weighted by molar-refractivity contribution is 4.77. The van der Waals surface area contributed by atoms with Crippen LogP contribution in [0.3, 0.4) is 0 Å². The van der Waals surface area contributed by atoms with Gasteiger partial charge in [0.15, 0.2) is 0 Å². The van der Waals surface area contributed by atoms with E-state index in [1.807, 2.05) is 0 Å². The Morgan fingerprint density at radius 3 is 2.50 bits per heavy atom. The summed E-state index contributed by atoms with van der Waals surface area (Å²) in [5.41, 5.74) is 0. The molecule has 1 N–H and O–H groups in total. The topological polar surface area (TPSA) is 15.3 Å². The first kappa shape index (κ1) is 14.3. The zero-order valence-electron chi connectivity index (χ0n) is 12.5. The van der Waals surface area contributed by atoms with Gasteiger partial charge in [0.05, 0.1) is 0 Å². The summed E-state index contributed by atoms with van der Waals surface area (Å²) in [6, 6.07) is 0.792. The van der Waals surface area contributed by atoms with Gasteiger partial charge >= 0.3 is 0 Å². The summed E-state index contributed by atoms with van der Waals surface area (Å²) in [7, 11) is 0. The molecule has 2 rings (SSSR count). The maximum absolute atomic E-state index is 3.86. The van der Waals surface area contributed by atoms with E-state index < -0.39 is 0 Å². The first-order valence-corrected chi connectivity index (χ1v) is 8.23.